The van der Waals surface area contributed by atoms with Crippen LogP contribution in [0.5, 0.6) is 0 Å². The van der Waals surface area contributed by atoms with Gasteiger partial charge in [-0.1, -0.05) is 18.6 Å². The van der Waals surface area contributed by atoms with E-state index in [1.807, 2.05) is 12.1 Å². The van der Waals surface area contributed by atoms with Gasteiger partial charge in [0.15, 0.2) is 5.69 Å². The molecule has 2 nitrogen and oxygen atoms in total. The topological polar surface area (TPSA) is 26.9 Å². The van der Waals surface area contributed by atoms with Crippen LogP contribution in [-0.4, -0.2) is 0 Å². The molecule has 1 aromatic heterocycles. The van der Waals surface area contributed by atoms with Crippen LogP contribution in [-0.2, 0) is 12.8 Å². The van der Waals surface area contributed by atoms with E-state index in [0.717, 1.165) is 35.9 Å². The SMILES string of the molecule is Cc1cccc2c1cc1c([n+]2[O-])CCCCC1. The lowest BCUT2D eigenvalue weighted by Gasteiger charge is -2.11. The normalized spacial score (nSPS) is 15.6. The van der Waals surface area contributed by atoms with Crippen molar-refractivity contribution in [1.82, 2.24) is 0 Å². The minimum Gasteiger partial charge on any atom is -0.618 e. The summed E-state index contributed by atoms with van der Waals surface area (Å²) in [5.74, 6) is 0. The molecule has 0 atom stereocenters. The molecule has 0 fully saturated rings. The van der Waals surface area contributed by atoms with E-state index in [4.69, 9.17) is 0 Å². The molecule has 1 heterocycles. The number of hydrogen-bond donors (Lipinski definition) is 0. The molecule has 0 unspecified atom stereocenters. The Labute approximate surface area is 101 Å². The maximum Gasteiger partial charge on any atom is 0.224 e. The molecule has 0 spiro atoms. The molecular weight excluding hydrogens is 210 g/mol. The highest BCUT2D eigenvalue weighted by molar-refractivity contribution is 5.80. The number of fused-ring (bicyclic) bond motifs is 2. The summed E-state index contributed by atoms with van der Waals surface area (Å²) in [4.78, 5) is 0. The van der Waals surface area contributed by atoms with Gasteiger partial charge in [0.2, 0.25) is 5.52 Å². The van der Waals surface area contributed by atoms with Crippen molar-refractivity contribution in [1.29, 1.82) is 0 Å². The summed E-state index contributed by atoms with van der Waals surface area (Å²) >= 11 is 0. The number of rotatable bonds is 0. The summed E-state index contributed by atoms with van der Waals surface area (Å²) in [7, 11) is 0. The van der Waals surface area contributed by atoms with Crippen molar-refractivity contribution in [2.24, 2.45) is 0 Å². The molecule has 0 saturated heterocycles. The molecule has 0 aliphatic heterocycles. The third-order valence-electron chi connectivity index (χ3n) is 3.81. The molecule has 2 aromatic rings. The molecule has 3 rings (SSSR count). The van der Waals surface area contributed by atoms with Gasteiger partial charge in [-0.3, -0.25) is 0 Å². The predicted octanol–water partition coefficient (Wildman–Crippen LogP) is 3.05. The number of pyridine rings is 1. The highest BCUT2D eigenvalue weighted by Gasteiger charge is 2.19. The van der Waals surface area contributed by atoms with E-state index >= 15 is 0 Å². The lowest BCUT2D eigenvalue weighted by atomic mass is 10.0. The van der Waals surface area contributed by atoms with Crippen LogP contribution in [0.3, 0.4) is 0 Å². The van der Waals surface area contributed by atoms with Crippen LogP contribution in [0.4, 0.5) is 0 Å². The number of nitrogens with zero attached hydrogens (tertiary/aromatic N) is 1. The third kappa shape index (κ3) is 1.68. The molecule has 0 saturated carbocycles. The first-order chi connectivity index (χ1) is 8.27. The fourth-order valence-electron chi connectivity index (χ4n) is 2.83. The summed E-state index contributed by atoms with van der Waals surface area (Å²) < 4.78 is 1.17. The molecule has 0 N–H and O–H groups in total. The fraction of sp³-hybridized carbons (Fsp3) is 0.400. The lowest BCUT2D eigenvalue weighted by Crippen LogP contribution is -2.34. The summed E-state index contributed by atoms with van der Waals surface area (Å²) in [6, 6.07) is 8.21. The molecule has 0 bridgehead atoms. The lowest BCUT2D eigenvalue weighted by molar-refractivity contribution is -0.586. The summed E-state index contributed by atoms with van der Waals surface area (Å²) in [6.07, 6.45) is 5.59. The van der Waals surface area contributed by atoms with Crippen molar-refractivity contribution in [3.63, 3.8) is 0 Å². The Bertz CT molecular complexity index is 575. The van der Waals surface area contributed by atoms with Crippen molar-refractivity contribution in [2.75, 3.05) is 0 Å². The Balaban J connectivity index is 2.33. The highest BCUT2D eigenvalue weighted by Crippen LogP contribution is 2.23. The fourth-order valence-corrected chi connectivity index (χ4v) is 2.83. The van der Waals surface area contributed by atoms with Gasteiger partial charge in [0.25, 0.3) is 0 Å². The number of benzene rings is 1. The zero-order valence-electron chi connectivity index (χ0n) is 10.2. The first kappa shape index (κ1) is 10.6. The van der Waals surface area contributed by atoms with Gasteiger partial charge in [-0.15, -0.1) is 0 Å². The standard InChI is InChI=1S/C15H17NO/c1-11-6-5-9-15-13(11)10-12-7-3-2-4-8-14(12)16(15)17/h5-6,9-10H,2-4,7-8H2,1H3. The van der Waals surface area contributed by atoms with Gasteiger partial charge in [0, 0.05) is 18.1 Å². The van der Waals surface area contributed by atoms with Crippen LogP contribution in [0.25, 0.3) is 10.9 Å². The van der Waals surface area contributed by atoms with Crippen molar-refractivity contribution >= 4 is 10.9 Å². The van der Waals surface area contributed by atoms with Gasteiger partial charge in [0.1, 0.15) is 0 Å². The predicted molar refractivity (Wildman–Crippen MR) is 68.9 cm³/mol. The second kappa shape index (κ2) is 4.02. The highest BCUT2D eigenvalue weighted by atomic mass is 16.5. The minimum absolute atomic E-state index is 0.825. The quantitative estimate of drug-likeness (QED) is 0.386. The van der Waals surface area contributed by atoms with Gasteiger partial charge in [0.05, 0.1) is 5.39 Å². The van der Waals surface area contributed by atoms with E-state index < -0.39 is 0 Å². The van der Waals surface area contributed by atoms with Crippen molar-refractivity contribution in [3.8, 4) is 0 Å². The molecular formula is C15H17NO. The van der Waals surface area contributed by atoms with Crippen molar-refractivity contribution in [2.45, 2.75) is 39.0 Å². The Morgan fingerprint density at radius 3 is 2.82 bits per heavy atom. The molecule has 17 heavy (non-hydrogen) atoms. The average Bonchev–Trinajstić information content (AvgIpc) is 2.56. The van der Waals surface area contributed by atoms with E-state index in [0.29, 0.717) is 0 Å². The van der Waals surface area contributed by atoms with Crippen LogP contribution in [0.1, 0.15) is 36.1 Å². The third-order valence-corrected chi connectivity index (χ3v) is 3.81. The maximum absolute atomic E-state index is 12.4. The van der Waals surface area contributed by atoms with E-state index in [-0.39, 0.29) is 0 Å². The van der Waals surface area contributed by atoms with Crippen LogP contribution in [0, 0.1) is 12.1 Å². The van der Waals surface area contributed by atoms with E-state index in [2.05, 4.69) is 19.1 Å². The first-order valence-corrected chi connectivity index (χ1v) is 6.41. The Morgan fingerprint density at radius 1 is 1.12 bits per heavy atom. The van der Waals surface area contributed by atoms with Gasteiger partial charge in [-0.2, -0.15) is 4.73 Å². The zero-order valence-corrected chi connectivity index (χ0v) is 10.2. The van der Waals surface area contributed by atoms with Gasteiger partial charge >= 0.3 is 0 Å². The van der Waals surface area contributed by atoms with Crippen molar-refractivity contribution < 1.29 is 4.73 Å². The molecule has 2 heteroatoms. The van der Waals surface area contributed by atoms with E-state index in [1.54, 1.807) is 0 Å². The molecule has 0 radical (unpaired) electrons. The van der Waals surface area contributed by atoms with Crippen molar-refractivity contribution in [3.05, 3.63) is 46.3 Å². The maximum atomic E-state index is 12.4. The van der Waals surface area contributed by atoms with Crippen LogP contribution >= 0.6 is 0 Å². The zero-order chi connectivity index (χ0) is 11.8. The molecule has 88 valence electrons. The largest absolute Gasteiger partial charge is 0.618 e. The number of aryl methyl sites for hydroxylation is 2. The Morgan fingerprint density at radius 2 is 1.94 bits per heavy atom. The Hall–Kier alpha value is -1.57. The monoisotopic (exact) mass is 227 g/mol. The molecule has 1 aliphatic rings. The molecule has 0 amide bonds. The van der Waals surface area contributed by atoms with E-state index in [1.165, 1.54) is 28.7 Å². The second-order valence-corrected chi connectivity index (χ2v) is 4.98. The molecule has 1 aromatic carbocycles. The average molecular weight is 227 g/mol. The Kier molecular flexibility index (Phi) is 2.50. The smallest absolute Gasteiger partial charge is 0.224 e. The second-order valence-electron chi connectivity index (χ2n) is 4.98. The van der Waals surface area contributed by atoms with Crippen LogP contribution in [0.2, 0.25) is 0 Å². The van der Waals surface area contributed by atoms with Crippen LogP contribution < -0.4 is 4.73 Å². The summed E-state index contributed by atoms with van der Waals surface area (Å²) in [5.41, 5.74) is 4.28. The van der Waals surface area contributed by atoms with E-state index in [9.17, 15) is 5.21 Å². The van der Waals surface area contributed by atoms with Gasteiger partial charge < -0.3 is 5.21 Å². The van der Waals surface area contributed by atoms with Crippen LogP contribution in [0.15, 0.2) is 24.3 Å². The summed E-state index contributed by atoms with van der Waals surface area (Å²) in [5, 5.41) is 13.5. The summed E-state index contributed by atoms with van der Waals surface area (Å²) in [6.45, 7) is 2.07. The molecule has 1 aliphatic carbocycles. The first-order valence-electron chi connectivity index (χ1n) is 6.41. The minimum atomic E-state index is 0.825. The number of aromatic nitrogens is 1. The van der Waals surface area contributed by atoms with Gasteiger partial charge in [-0.05, 0) is 37.8 Å². The van der Waals surface area contributed by atoms with Gasteiger partial charge in [-0.25, -0.2) is 0 Å². The number of hydrogen-bond acceptors (Lipinski definition) is 1.